The zero-order chi connectivity index (χ0) is 21.5. The molecular formula is C25H24N4O2. The smallest absolute Gasteiger partial charge is 0.257 e. The van der Waals surface area contributed by atoms with Gasteiger partial charge in [-0.1, -0.05) is 30.3 Å². The molecule has 0 saturated carbocycles. The van der Waals surface area contributed by atoms with Crippen molar-refractivity contribution in [2.75, 3.05) is 36.4 Å². The van der Waals surface area contributed by atoms with E-state index in [9.17, 15) is 9.59 Å². The Labute approximate surface area is 181 Å². The van der Waals surface area contributed by atoms with Crippen LogP contribution in [0.25, 0.3) is 6.08 Å². The van der Waals surface area contributed by atoms with Gasteiger partial charge in [0.2, 0.25) is 5.91 Å². The monoisotopic (exact) mass is 412 g/mol. The van der Waals surface area contributed by atoms with Crippen LogP contribution in [0.1, 0.15) is 15.9 Å². The van der Waals surface area contributed by atoms with Gasteiger partial charge in [0.25, 0.3) is 5.91 Å². The van der Waals surface area contributed by atoms with E-state index in [0.29, 0.717) is 18.7 Å². The third-order valence-corrected chi connectivity index (χ3v) is 5.22. The maximum atomic E-state index is 12.5. The van der Waals surface area contributed by atoms with Gasteiger partial charge in [0, 0.05) is 56.0 Å². The number of hydrogen-bond acceptors (Lipinski definition) is 4. The fourth-order valence-corrected chi connectivity index (χ4v) is 3.48. The van der Waals surface area contributed by atoms with Gasteiger partial charge in [0.1, 0.15) is 0 Å². The second kappa shape index (κ2) is 9.71. The van der Waals surface area contributed by atoms with E-state index in [1.54, 1.807) is 30.6 Å². The number of hydrogen-bond donors (Lipinski definition) is 1. The van der Waals surface area contributed by atoms with Crippen molar-refractivity contribution < 1.29 is 9.59 Å². The Morgan fingerprint density at radius 2 is 1.61 bits per heavy atom. The highest BCUT2D eigenvalue weighted by Crippen LogP contribution is 2.20. The van der Waals surface area contributed by atoms with Crippen LogP contribution < -0.4 is 10.2 Å². The molecule has 1 fully saturated rings. The molecule has 1 aromatic heterocycles. The van der Waals surface area contributed by atoms with Gasteiger partial charge in [-0.15, -0.1) is 0 Å². The second-order valence-corrected chi connectivity index (χ2v) is 7.30. The Morgan fingerprint density at radius 3 is 2.29 bits per heavy atom. The van der Waals surface area contributed by atoms with Gasteiger partial charge in [-0.2, -0.15) is 0 Å². The summed E-state index contributed by atoms with van der Waals surface area (Å²) in [5.74, 6) is -0.145. The number of piperazine rings is 1. The summed E-state index contributed by atoms with van der Waals surface area (Å²) >= 11 is 0. The maximum Gasteiger partial charge on any atom is 0.257 e. The number of anilines is 2. The van der Waals surface area contributed by atoms with Gasteiger partial charge in [-0.3, -0.25) is 14.6 Å². The first-order chi connectivity index (χ1) is 15.2. The van der Waals surface area contributed by atoms with Crippen LogP contribution >= 0.6 is 0 Å². The Kier molecular flexibility index (Phi) is 6.38. The topological polar surface area (TPSA) is 65.5 Å². The minimum absolute atomic E-state index is 0.0389. The molecule has 1 saturated heterocycles. The number of benzene rings is 2. The molecule has 6 heteroatoms. The minimum atomic E-state index is -0.184. The molecule has 2 amide bonds. The fourth-order valence-electron chi connectivity index (χ4n) is 3.48. The Bertz CT molecular complexity index is 1040. The second-order valence-electron chi connectivity index (χ2n) is 7.30. The van der Waals surface area contributed by atoms with Gasteiger partial charge in [-0.05, 0) is 48.0 Å². The third kappa shape index (κ3) is 5.36. The number of carbonyl (C=O) groups excluding carboxylic acids is 2. The van der Waals surface area contributed by atoms with E-state index in [0.717, 1.165) is 30.0 Å². The molecule has 31 heavy (non-hydrogen) atoms. The average molecular weight is 412 g/mol. The molecular weight excluding hydrogens is 388 g/mol. The Hall–Kier alpha value is -3.93. The lowest BCUT2D eigenvalue weighted by atomic mass is 10.2. The minimum Gasteiger partial charge on any atom is -0.368 e. The van der Waals surface area contributed by atoms with Crippen LogP contribution in [0.2, 0.25) is 0 Å². The summed E-state index contributed by atoms with van der Waals surface area (Å²) in [6.45, 7) is 2.90. The number of pyridine rings is 1. The Morgan fingerprint density at radius 1 is 0.871 bits per heavy atom. The highest BCUT2D eigenvalue weighted by Gasteiger charge is 2.20. The summed E-state index contributed by atoms with van der Waals surface area (Å²) in [4.78, 5) is 32.8. The molecule has 1 aliphatic rings. The van der Waals surface area contributed by atoms with E-state index >= 15 is 0 Å². The maximum absolute atomic E-state index is 12.5. The zero-order valence-corrected chi connectivity index (χ0v) is 17.1. The van der Waals surface area contributed by atoms with Crippen molar-refractivity contribution >= 4 is 29.3 Å². The van der Waals surface area contributed by atoms with Gasteiger partial charge in [-0.25, -0.2) is 0 Å². The van der Waals surface area contributed by atoms with Gasteiger partial charge < -0.3 is 15.1 Å². The van der Waals surface area contributed by atoms with E-state index in [2.05, 4.69) is 15.2 Å². The highest BCUT2D eigenvalue weighted by atomic mass is 16.2. The summed E-state index contributed by atoms with van der Waals surface area (Å²) in [5.41, 5.74) is 3.35. The number of carbonyl (C=O) groups is 2. The lowest BCUT2D eigenvalue weighted by molar-refractivity contribution is -0.126. The molecule has 0 aliphatic carbocycles. The highest BCUT2D eigenvalue weighted by molar-refractivity contribution is 6.04. The number of nitrogens with one attached hydrogen (secondary N) is 1. The SMILES string of the molecule is O=C(Nc1ccc(N2CCN(C(=O)/C=C/c3ccccc3)CC2)cc1)c1cccnc1. The quantitative estimate of drug-likeness (QED) is 0.649. The van der Waals surface area contributed by atoms with Crippen molar-refractivity contribution in [3.05, 3.63) is 96.3 Å². The van der Waals surface area contributed by atoms with Crippen molar-refractivity contribution in [2.24, 2.45) is 0 Å². The predicted octanol–water partition coefficient (Wildman–Crippen LogP) is 3.70. The number of rotatable bonds is 5. The first kappa shape index (κ1) is 20.3. The molecule has 0 spiro atoms. The third-order valence-electron chi connectivity index (χ3n) is 5.22. The lowest BCUT2D eigenvalue weighted by Gasteiger charge is -2.35. The summed E-state index contributed by atoms with van der Waals surface area (Å²) in [6, 6.07) is 21.1. The van der Waals surface area contributed by atoms with Crippen molar-refractivity contribution in [1.82, 2.24) is 9.88 Å². The van der Waals surface area contributed by atoms with Gasteiger partial charge in [0.15, 0.2) is 0 Å². The Balaban J connectivity index is 1.29. The fraction of sp³-hybridized carbons (Fsp3) is 0.160. The zero-order valence-electron chi connectivity index (χ0n) is 17.1. The molecule has 0 bridgehead atoms. The normalized spacial score (nSPS) is 13.9. The number of aromatic nitrogens is 1. The lowest BCUT2D eigenvalue weighted by Crippen LogP contribution is -2.48. The van der Waals surface area contributed by atoms with Gasteiger partial charge >= 0.3 is 0 Å². The van der Waals surface area contributed by atoms with Crippen LogP contribution in [0.4, 0.5) is 11.4 Å². The number of amides is 2. The van der Waals surface area contributed by atoms with Crippen LogP contribution in [0.5, 0.6) is 0 Å². The molecule has 156 valence electrons. The molecule has 0 unspecified atom stereocenters. The van der Waals surface area contributed by atoms with E-state index in [-0.39, 0.29) is 11.8 Å². The first-order valence-corrected chi connectivity index (χ1v) is 10.3. The average Bonchev–Trinajstić information content (AvgIpc) is 2.84. The molecule has 0 radical (unpaired) electrons. The van der Waals surface area contributed by atoms with Crippen LogP contribution in [-0.2, 0) is 4.79 Å². The van der Waals surface area contributed by atoms with Crippen LogP contribution in [0.3, 0.4) is 0 Å². The molecule has 1 aliphatic heterocycles. The standard InChI is InChI=1S/C25H24N4O2/c30-24(13-8-20-5-2-1-3-6-20)29-17-15-28(16-18-29)23-11-9-22(10-12-23)27-25(31)21-7-4-14-26-19-21/h1-14,19H,15-18H2,(H,27,31)/b13-8+. The molecule has 0 atom stereocenters. The van der Waals surface area contributed by atoms with Crippen LogP contribution in [0, 0.1) is 0 Å². The van der Waals surface area contributed by atoms with E-state index < -0.39 is 0 Å². The predicted molar refractivity (Wildman–Crippen MR) is 123 cm³/mol. The van der Waals surface area contributed by atoms with E-state index in [4.69, 9.17) is 0 Å². The molecule has 2 heterocycles. The van der Waals surface area contributed by atoms with Crippen molar-refractivity contribution in [1.29, 1.82) is 0 Å². The summed E-state index contributed by atoms with van der Waals surface area (Å²) < 4.78 is 0. The summed E-state index contributed by atoms with van der Waals surface area (Å²) in [6.07, 6.45) is 6.68. The number of nitrogens with zero attached hydrogens (tertiary/aromatic N) is 3. The molecule has 6 nitrogen and oxygen atoms in total. The summed E-state index contributed by atoms with van der Waals surface area (Å²) in [5, 5.41) is 2.88. The largest absolute Gasteiger partial charge is 0.368 e. The molecule has 3 aromatic rings. The molecule has 2 aromatic carbocycles. The summed E-state index contributed by atoms with van der Waals surface area (Å²) in [7, 11) is 0. The van der Waals surface area contributed by atoms with Crippen molar-refractivity contribution in [2.45, 2.75) is 0 Å². The van der Waals surface area contributed by atoms with E-state index in [1.165, 1.54) is 0 Å². The molecule has 1 N–H and O–H groups in total. The van der Waals surface area contributed by atoms with E-state index in [1.807, 2.05) is 65.6 Å². The van der Waals surface area contributed by atoms with Crippen molar-refractivity contribution in [3.63, 3.8) is 0 Å². The van der Waals surface area contributed by atoms with Gasteiger partial charge in [0.05, 0.1) is 5.56 Å². The van der Waals surface area contributed by atoms with Crippen molar-refractivity contribution in [3.8, 4) is 0 Å². The molecule has 4 rings (SSSR count). The first-order valence-electron chi connectivity index (χ1n) is 10.3. The van der Waals surface area contributed by atoms with Crippen LogP contribution in [0.15, 0.2) is 85.2 Å². The van der Waals surface area contributed by atoms with Crippen LogP contribution in [-0.4, -0.2) is 47.9 Å².